The van der Waals surface area contributed by atoms with E-state index in [-0.39, 0.29) is 0 Å². The summed E-state index contributed by atoms with van der Waals surface area (Å²) in [4.78, 5) is 4.71. The molecule has 0 aliphatic carbocycles. The van der Waals surface area contributed by atoms with Crippen molar-refractivity contribution in [3.05, 3.63) is 35.7 Å². The highest BCUT2D eigenvalue weighted by molar-refractivity contribution is 6.32. The fourth-order valence-corrected chi connectivity index (χ4v) is 3.12. The monoisotopic (exact) mass is 372 g/mol. The minimum atomic E-state index is 0.488. The number of aromatic nitrogens is 5. The van der Waals surface area contributed by atoms with Gasteiger partial charge in [0.05, 0.1) is 49.2 Å². The van der Waals surface area contributed by atoms with E-state index in [1.807, 2.05) is 18.2 Å². The molecular formula is C17H17ClN6O2. The molecule has 8 nitrogen and oxygen atoms in total. The lowest BCUT2D eigenvalue weighted by atomic mass is 10.1. The Labute approximate surface area is 154 Å². The lowest BCUT2D eigenvalue weighted by Gasteiger charge is -2.10. The number of rotatable bonds is 6. The summed E-state index contributed by atoms with van der Waals surface area (Å²) in [5, 5.41) is 17.0. The zero-order valence-electron chi connectivity index (χ0n) is 14.3. The molecule has 0 radical (unpaired) electrons. The second-order valence-electron chi connectivity index (χ2n) is 5.66. The summed E-state index contributed by atoms with van der Waals surface area (Å²) in [6, 6.07) is 5.74. The molecule has 0 saturated carbocycles. The summed E-state index contributed by atoms with van der Waals surface area (Å²) in [5.41, 5.74) is 2.22. The third kappa shape index (κ3) is 2.73. The Balaban J connectivity index is 1.80. The molecule has 0 amide bonds. The van der Waals surface area contributed by atoms with Crippen LogP contribution >= 0.6 is 11.6 Å². The lowest BCUT2D eigenvalue weighted by molar-refractivity contribution is 0.183. The first-order valence-electron chi connectivity index (χ1n) is 8.00. The van der Waals surface area contributed by atoms with E-state index in [0.29, 0.717) is 29.8 Å². The van der Waals surface area contributed by atoms with E-state index in [1.54, 1.807) is 31.3 Å². The van der Waals surface area contributed by atoms with Gasteiger partial charge in [-0.25, -0.2) is 9.67 Å². The largest absolute Gasteiger partial charge is 0.496 e. The van der Waals surface area contributed by atoms with Gasteiger partial charge in [-0.2, -0.15) is 10.2 Å². The summed E-state index contributed by atoms with van der Waals surface area (Å²) in [6.07, 6.45) is 3.42. The van der Waals surface area contributed by atoms with Gasteiger partial charge in [0, 0.05) is 12.5 Å². The Morgan fingerprint density at radius 2 is 2.15 bits per heavy atom. The van der Waals surface area contributed by atoms with Crippen molar-refractivity contribution in [1.82, 2.24) is 25.0 Å². The highest BCUT2D eigenvalue weighted by Gasteiger charge is 2.16. The number of nitrogens with zero attached hydrogens (tertiary/aromatic N) is 4. The van der Waals surface area contributed by atoms with Crippen LogP contribution in [-0.2, 0) is 11.3 Å². The fourth-order valence-electron chi connectivity index (χ4n) is 2.89. The van der Waals surface area contributed by atoms with Crippen LogP contribution in [0.4, 0.5) is 11.5 Å². The minimum absolute atomic E-state index is 0.488. The third-order valence-electron chi connectivity index (χ3n) is 4.14. The van der Waals surface area contributed by atoms with Gasteiger partial charge in [-0.1, -0.05) is 17.7 Å². The molecule has 0 saturated heterocycles. The van der Waals surface area contributed by atoms with Crippen LogP contribution < -0.4 is 10.1 Å². The molecule has 1 aromatic carbocycles. The number of ether oxygens (including phenoxy) is 2. The fraction of sp³-hybridized carbons (Fsp3) is 0.235. The topological polar surface area (TPSA) is 89.9 Å². The highest BCUT2D eigenvalue weighted by atomic mass is 35.5. The van der Waals surface area contributed by atoms with E-state index in [1.165, 1.54) is 0 Å². The number of benzene rings is 1. The van der Waals surface area contributed by atoms with Crippen LogP contribution in [0.25, 0.3) is 21.8 Å². The first-order chi connectivity index (χ1) is 12.7. The normalized spacial score (nSPS) is 11.3. The van der Waals surface area contributed by atoms with Gasteiger partial charge in [-0.05, 0) is 12.1 Å². The van der Waals surface area contributed by atoms with Crippen LogP contribution in [-0.4, -0.2) is 45.8 Å². The highest BCUT2D eigenvalue weighted by Crippen LogP contribution is 2.35. The van der Waals surface area contributed by atoms with Crippen LogP contribution in [0.3, 0.4) is 0 Å². The maximum absolute atomic E-state index is 6.41. The standard InChI is InChI=1S/C17H17ClN6O2/c1-25-7-6-24-16(18)12(9-20-24)22-17-15-10(8-19-23-15)14-11(21-17)4-3-5-13(14)26-2/h3-5,8-9H,6-7H2,1-2H3,(H,19,23)(H,21,22). The number of hydrogen-bond donors (Lipinski definition) is 2. The lowest BCUT2D eigenvalue weighted by Crippen LogP contribution is -2.05. The average molecular weight is 373 g/mol. The van der Waals surface area contributed by atoms with Crippen LogP contribution in [0.2, 0.25) is 5.15 Å². The summed E-state index contributed by atoms with van der Waals surface area (Å²) >= 11 is 6.41. The molecular weight excluding hydrogens is 356 g/mol. The number of fused-ring (bicyclic) bond motifs is 3. The predicted molar refractivity (Wildman–Crippen MR) is 100 cm³/mol. The molecule has 9 heteroatoms. The number of halogens is 1. The van der Waals surface area contributed by atoms with Crippen LogP contribution in [0.5, 0.6) is 5.75 Å². The maximum atomic E-state index is 6.41. The Hall–Kier alpha value is -2.84. The van der Waals surface area contributed by atoms with Crippen molar-refractivity contribution < 1.29 is 9.47 Å². The molecule has 0 bridgehead atoms. The molecule has 0 fully saturated rings. The minimum Gasteiger partial charge on any atom is -0.496 e. The maximum Gasteiger partial charge on any atom is 0.157 e. The summed E-state index contributed by atoms with van der Waals surface area (Å²) in [5.74, 6) is 1.37. The van der Waals surface area contributed by atoms with E-state index in [0.717, 1.165) is 27.6 Å². The summed E-state index contributed by atoms with van der Waals surface area (Å²) in [6.45, 7) is 1.10. The van der Waals surface area contributed by atoms with Gasteiger partial charge in [-0.3, -0.25) is 5.10 Å². The molecule has 0 aliphatic rings. The number of nitrogens with one attached hydrogen (secondary N) is 2. The van der Waals surface area contributed by atoms with Gasteiger partial charge in [0.25, 0.3) is 0 Å². The third-order valence-corrected chi connectivity index (χ3v) is 4.54. The zero-order valence-corrected chi connectivity index (χ0v) is 15.0. The van der Waals surface area contributed by atoms with Gasteiger partial charge in [0.1, 0.15) is 11.3 Å². The first kappa shape index (κ1) is 16.6. The van der Waals surface area contributed by atoms with E-state index < -0.39 is 0 Å². The van der Waals surface area contributed by atoms with E-state index in [9.17, 15) is 0 Å². The molecule has 2 N–H and O–H groups in total. The van der Waals surface area contributed by atoms with Crippen molar-refractivity contribution in [3.8, 4) is 5.75 Å². The molecule has 4 rings (SSSR count). The van der Waals surface area contributed by atoms with Crippen molar-refractivity contribution in [2.24, 2.45) is 0 Å². The average Bonchev–Trinajstić information content (AvgIpc) is 3.28. The number of methoxy groups -OCH3 is 2. The van der Waals surface area contributed by atoms with Crippen molar-refractivity contribution in [3.63, 3.8) is 0 Å². The van der Waals surface area contributed by atoms with Gasteiger partial charge in [0.15, 0.2) is 11.0 Å². The first-order valence-corrected chi connectivity index (χ1v) is 8.37. The van der Waals surface area contributed by atoms with E-state index in [4.69, 9.17) is 26.1 Å². The number of aromatic amines is 1. The predicted octanol–water partition coefficient (Wildman–Crippen LogP) is 3.36. The summed E-state index contributed by atoms with van der Waals surface area (Å²) in [7, 11) is 3.28. The molecule has 3 heterocycles. The number of hydrogen-bond acceptors (Lipinski definition) is 6. The quantitative estimate of drug-likeness (QED) is 0.539. The summed E-state index contributed by atoms with van der Waals surface area (Å²) < 4.78 is 12.2. The zero-order chi connectivity index (χ0) is 18.1. The molecule has 0 aliphatic heterocycles. The molecule has 26 heavy (non-hydrogen) atoms. The van der Waals surface area contributed by atoms with Gasteiger partial charge >= 0.3 is 0 Å². The SMILES string of the molecule is COCCn1ncc(Nc2nc3cccc(OC)c3c3cn[nH]c23)c1Cl. The Bertz CT molecular complexity index is 1070. The van der Waals surface area contributed by atoms with E-state index in [2.05, 4.69) is 20.6 Å². The Kier molecular flexibility index (Phi) is 4.36. The Morgan fingerprint density at radius 1 is 1.27 bits per heavy atom. The van der Waals surface area contributed by atoms with Crippen LogP contribution in [0, 0.1) is 0 Å². The van der Waals surface area contributed by atoms with Crippen molar-refractivity contribution >= 4 is 44.9 Å². The molecule has 4 aromatic rings. The van der Waals surface area contributed by atoms with Gasteiger partial charge in [0.2, 0.25) is 0 Å². The second-order valence-corrected chi connectivity index (χ2v) is 6.02. The molecule has 134 valence electrons. The van der Waals surface area contributed by atoms with Crippen molar-refractivity contribution in [1.29, 1.82) is 0 Å². The molecule has 0 atom stereocenters. The Morgan fingerprint density at radius 3 is 2.96 bits per heavy atom. The number of H-pyrrole nitrogens is 1. The van der Waals surface area contributed by atoms with Gasteiger partial charge < -0.3 is 14.8 Å². The number of pyridine rings is 1. The molecule has 3 aromatic heterocycles. The second kappa shape index (κ2) is 6.81. The number of anilines is 2. The van der Waals surface area contributed by atoms with Crippen LogP contribution in [0.15, 0.2) is 30.6 Å². The van der Waals surface area contributed by atoms with Crippen molar-refractivity contribution in [2.45, 2.75) is 6.54 Å². The van der Waals surface area contributed by atoms with Crippen molar-refractivity contribution in [2.75, 3.05) is 26.1 Å². The smallest absolute Gasteiger partial charge is 0.157 e. The molecule has 0 spiro atoms. The molecule has 0 unspecified atom stereocenters. The van der Waals surface area contributed by atoms with Crippen LogP contribution in [0.1, 0.15) is 0 Å². The van der Waals surface area contributed by atoms with Gasteiger partial charge in [-0.15, -0.1) is 0 Å². The van der Waals surface area contributed by atoms with E-state index >= 15 is 0 Å².